The minimum atomic E-state index is -0.433. The maximum Gasteiger partial charge on any atom is 0.407 e. The van der Waals surface area contributed by atoms with Crippen molar-refractivity contribution < 1.29 is 19.1 Å². The summed E-state index contributed by atoms with van der Waals surface area (Å²) in [7, 11) is 0. The topological polar surface area (TPSA) is 64.6 Å². The van der Waals surface area contributed by atoms with E-state index in [1.807, 2.05) is 27.7 Å². The average Bonchev–Trinajstić information content (AvgIpc) is 3.15. The number of ether oxygens (including phenoxy) is 2. The molecule has 2 aliphatic carbocycles. The highest BCUT2D eigenvalue weighted by Crippen LogP contribution is 2.50. The number of alkyl carbamates (subject to hydrolysis) is 1. The van der Waals surface area contributed by atoms with Crippen LogP contribution in [0.25, 0.3) is 0 Å². The molecule has 4 atom stereocenters. The molecule has 5 nitrogen and oxygen atoms in total. The molecule has 0 radical (unpaired) electrons. The van der Waals surface area contributed by atoms with E-state index >= 15 is 0 Å². The van der Waals surface area contributed by atoms with E-state index in [4.69, 9.17) is 9.47 Å². The highest BCUT2D eigenvalue weighted by atomic mass is 16.6. The standard InChI is InChI=1S/C23H41NO4/c1-5-27-21(25)13-11-9-7-6-8-10-12-18-14-17-15-19(18)20(16-17)24-22(26)28-23(2,3)4/h17-20H,5-16H2,1-4H3,(H,24,26)/t17-,18?,19-,20+/m0/s1. The third-order valence-corrected chi connectivity index (χ3v) is 6.16. The highest BCUT2D eigenvalue weighted by molar-refractivity contribution is 5.69. The van der Waals surface area contributed by atoms with Crippen molar-refractivity contribution in [1.29, 1.82) is 0 Å². The molecule has 162 valence electrons. The molecule has 2 fully saturated rings. The Bertz CT molecular complexity index is 499. The summed E-state index contributed by atoms with van der Waals surface area (Å²) in [5, 5.41) is 3.14. The first-order valence-corrected chi connectivity index (χ1v) is 11.4. The van der Waals surface area contributed by atoms with Gasteiger partial charge in [-0.1, -0.05) is 38.5 Å². The summed E-state index contributed by atoms with van der Waals surface area (Å²) < 4.78 is 10.4. The van der Waals surface area contributed by atoms with Gasteiger partial charge in [-0.25, -0.2) is 4.79 Å². The van der Waals surface area contributed by atoms with Crippen molar-refractivity contribution in [3.63, 3.8) is 0 Å². The van der Waals surface area contributed by atoms with Crippen LogP contribution in [0.15, 0.2) is 0 Å². The first-order chi connectivity index (χ1) is 13.3. The van der Waals surface area contributed by atoms with Gasteiger partial charge >= 0.3 is 12.1 Å². The number of carbonyl (C=O) groups is 2. The molecule has 5 heteroatoms. The van der Waals surface area contributed by atoms with Gasteiger partial charge in [-0.3, -0.25) is 4.79 Å². The van der Waals surface area contributed by atoms with Gasteiger partial charge < -0.3 is 14.8 Å². The smallest absolute Gasteiger partial charge is 0.407 e. The van der Waals surface area contributed by atoms with Crippen LogP contribution in [-0.4, -0.2) is 30.3 Å². The van der Waals surface area contributed by atoms with Crippen LogP contribution in [0.2, 0.25) is 0 Å². The molecule has 2 rings (SSSR count). The zero-order valence-electron chi connectivity index (χ0n) is 18.4. The molecule has 0 aromatic carbocycles. The molecule has 0 heterocycles. The Balaban J connectivity index is 1.55. The van der Waals surface area contributed by atoms with E-state index in [-0.39, 0.29) is 12.1 Å². The third-order valence-electron chi connectivity index (χ3n) is 6.16. The molecular formula is C23H41NO4. The molecule has 0 spiro atoms. The number of amides is 1. The number of rotatable bonds is 11. The van der Waals surface area contributed by atoms with Crippen molar-refractivity contribution in [2.24, 2.45) is 17.8 Å². The fourth-order valence-corrected chi connectivity index (χ4v) is 5.07. The Morgan fingerprint density at radius 1 is 0.964 bits per heavy atom. The van der Waals surface area contributed by atoms with Crippen LogP contribution in [0, 0.1) is 17.8 Å². The summed E-state index contributed by atoms with van der Waals surface area (Å²) in [5.74, 6) is 2.13. The Labute approximate surface area is 171 Å². The van der Waals surface area contributed by atoms with Crippen molar-refractivity contribution in [2.75, 3.05) is 6.61 Å². The quantitative estimate of drug-likeness (QED) is 0.365. The predicted octanol–water partition coefficient (Wildman–Crippen LogP) is 5.61. The van der Waals surface area contributed by atoms with Crippen LogP contribution < -0.4 is 5.32 Å². The van der Waals surface area contributed by atoms with Gasteiger partial charge in [-0.2, -0.15) is 0 Å². The predicted molar refractivity (Wildman–Crippen MR) is 111 cm³/mol. The van der Waals surface area contributed by atoms with Gasteiger partial charge in [0.2, 0.25) is 0 Å². The molecule has 0 aromatic heterocycles. The minimum Gasteiger partial charge on any atom is -0.466 e. The lowest BCUT2D eigenvalue weighted by Crippen LogP contribution is -2.43. The van der Waals surface area contributed by atoms with E-state index in [0.29, 0.717) is 25.0 Å². The molecule has 1 N–H and O–H groups in total. The summed E-state index contributed by atoms with van der Waals surface area (Å²) in [6, 6.07) is 0.307. The van der Waals surface area contributed by atoms with Crippen LogP contribution in [0.4, 0.5) is 4.79 Å². The van der Waals surface area contributed by atoms with Crippen LogP contribution in [0.1, 0.15) is 98.3 Å². The molecule has 2 bridgehead atoms. The lowest BCUT2D eigenvalue weighted by atomic mass is 9.82. The van der Waals surface area contributed by atoms with Gasteiger partial charge in [0, 0.05) is 12.5 Å². The van der Waals surface area contributed by atoms with Crippen molar-refractivity contribution in [3.05, 3.63) is 0 Å². The summed E-state index contributed by atoms with van der Waals surface area (Å²) in [5.41, 5.74) is -0.433. The molecule has 1 amide bonds. The van der Waals surface area contributed by atoms with Crippen LogP contribution >= 0.6 is 0 Å². The number of unbranched alkanes of at least 4 members (excludes halogenated alkanes) is 5. The van der Waals surface area contributed by atoms with Crippen molar-refractivity contribution >= 4 is 12.1 Å². The monoisotopic (exact) mass is 395 g/mol. The third kappa shape index (κ3) is 8.00. The average molecular weight is 396 g/mol. The Morgan fingerprint density at radius 3 is 2.29 bits per heavy atom. The van der Waals surface area contributed by atoms with E-state index in [1.54, 1.807) is 0 Å². The molecule has 2 saturated carbocycles. The van der Waals surface area contributed by atoms with Crippen molar-refractivity contribution in [2.45, 2.75) is 110 Å². The molecule has 2 aliphatic rings. The normalized spacial score (nSPS) is 26.3. The number of fused-ring (bicyclic) bond motifs is 2. The molecule has 0 saturated heterocycles. The summed E-state index contributed by atoms with van der Waals surface area (Å²) >= 11 is 0. The van der Waals surface area contributed by atoms with Crippen molar-refractivity contribution in [1.82, 2.24) is 5.32 Å². The molecule has 0 aromatic rings. The van der Waals surface area contributed by atoms with Gasteiger partial charge in [0.25, 0.3) is 0 Å². The fourth-order valence-electron chi connectivity index (χ4n) is 5.07. The molecule has 0 aliphatic heterocycles. The van der Waals surface area contributed by atoms with Gasteiger partial charge in [-0.15, -0.1) is 0 Å². The van der Waals surface area contributed by atoms with Gasteiger partial charge in [0.15, 0.2) is 0 Å². The van der Waals surface area contributed by atoms with Gasteiger partial charge in [0.1, 0.15) is 5.60 Å². The number of nitrogens with one attached hydrogen (secondary N) is 1. The van der Waals surface area contributed by atoms with E-state index < -0.39 is 5.60 Å². The van der Waals surface area contributed by atoms with Crippen molar-refractivity contribution in [3.8, 4) is 0 Å². The second kappa shape index (κ2) is 11.1. The first-order valence-electron chi connectivity index (χ1n) is 11.4. The Hall–Kier alpha value is -1.26. The summed E-state index contributed by atoms with van der Waals surface area (Å²) in [6.07, 6.45) is 12.4. The lowest BCUT2D eigenvalue weighted by Gasteiger charge is -2.31. The molecular weight excluding hydrogens is 354 g/mol. The summed E-state index contributed by atoms with van der Waals surface area (Å²) in [4.78, 5) is 23.4. The van der Waals surface area contributed by atoms with Crippen LogP contribution in [0.5, 0.6) is 0 Å². The van der Waals surface area contributed by atoms with Gasteiger partial charge in [-0.05, 0) is 71.1 Å². The SMILES string of the molecule is CCOC(=O)CCCCCCCCC1C[C@@H]2C[C@@H](NC(=O)OC(C)(C)C)[C@H]1C2. The van der Waals surface area contributed by atoms with E-state index in [9.17, 15) is 9.59 Å². The lowest BCUT2D eigenvalue weighted by molar-refractivity contribution is -0.143. The highest BCUT2D eigenvalue weighted by Gasteiger charge is 2.46. The minimum absolute atomic E-state index is 0.0617. The number of hydrogen-bond donors (Lipinski definition) is 1. The largest absolute Gasteiger partial charge is 0.466 e. The second-order valence-corrected chi connectivity index (χ2v) is 9.71. The first kappa shape index (κ1) is 23.0. The number of esters is 1. The van der Waals surface area contributed by atoms with E-state index in [0.717, 1.165) is 31.1 Å². The maximum atomic E-state index is 12.1. The van der Waals surface area contributed by atoms with Crippen LogP contribution in [-0.2, 0) is 14.3 Å². The van der Waals surface area contributed by atoms with Gasteiger partial charge in [0.05, 0.1) is 6.61 Å². The van der Waals surface area contributed by atoms with Crippen LogP contribution in [0.3, 0.4) is 0 Å². The number of carbonyl (C=O) groups excluding carboxylic acids is 2. The Morgan fingerprint density at radius 2 is 1.64 bits per heavy atom. The zero-order chi connectivity index (χ0) is 20.6. The zero-order valence-corrected chi connectivity index (χ0v) is 18.4. The fraction of sp³-hybridized carbons (Fsp3) is 0.913. The molecule has 1 unspecified atom stereocenters. The second-order valence-electron chi connectivity index (χ2n) is 9.71. The maximum absolute atomic E-state index is 12.1. The Kier molecular flexibility index (Phi) is 9.10. The van der Waals surface area contributed by atoms with E-state index in [1.165, 1.54) is 44.9 Å². The molecule has 28 heavy (non-hydrogen) atoms. The van der Waals surface area contributed by atoms with E-state index in [2.05, 4.69) is 5.32 Å². The summed E-state index contributed by atoms with van der Waals surface area (Å²) in [6.45, 7) is 8.06. The number of hydrogen-bond acceptors (Lipinski definition) is 4.